The van der Waals surface area contributed by atoms with Crippen LogP contribution in [0.25, 0.3) is 10.9 Å². The van der Waals surface area contributed by atoms with E-state index >= 15 is 0 Å². The van der Waals surface area contributed by atoms with E-state index in [9.17, 15) is 0 Å². The number of para-hydroxylation sites is 1. The first-order valence-electron chi connectivity index (χ1n) is 8.07. The molecule has 0 fully saturated rings. The highest BCUT2D eigenvalue weighted by molar-refractivity contribution is 6.01. The van der Waals surface area contributed by atoms with Gasteiger partial charge in [-0.2, -0.15) is 0 Å². The zero-order valence-corrected chi connectivity index (χ0v) is 13.4. The van der Waals surface area contributed by atoms with Crippen LogP contribution < -0.4 is 22.1 Å². The van der Waals surface area contributed by atoms with Crippen molar-refractivity contribution in [3.63, 3.8) is 0 Å². The van der Waals surface area contributed by atoms with Gasteiger partial charge in [0.05, 0.1) is 16.9 Å². The Bertz CT molecular complexity index is 611. The molecule has 0 saturated carbocycles. The SMILES string of the molecule is CCCCCN(CCCN)c1c(N)c(N)nc2ccccc12. The number of pyridine rings is 1. The fourth-order valence-electron chi connectivity index (χ4n) is 2.74. The first kappa shape index (κ1) is 16.4. The summed E-state index contributed by atoms with van der Waals surface area (Å²) < 4.78 is 0. The van der Waals surface area contributed by atoms with Gasteiger partial charge in [-0.05, 0) is 25.5 Å². The minimum absolute atomic E-state index is 0.405. The normalized spacial score (nSPS) is 11.0. The number of fused-ring (bicyclic) bond motifs is 1. The molecule has 5 nitrogen and oxygen atoms in total. The van der Waals surface area contributed by atoms with Crippen molar-refractivity contribution in [1.82, 2.24) is 4.98 Å². The fraction of sp³-hybridized carbons (Fsp3) is 0.471. The average Bonchev–Trinajstić information content (AvgIpc) is 2.53. The second-order valence-corrected chi connectivity index (χ2v) is 5.61. The van der Waals surface area contributed by atoms with Crippen LogP contribution in [0, 0.1) is 0 Å². The van der Waals surface area contributed by atoms with Gasteiger partial charge in [-0.15, -0.1) is 0 Å². The summed E-state index contributed by atoms with van der Waals surface area (Å²) >= 11 is 0. The van der Waals surface area contributed by atoms with Crippen molar-refractivity contribution in [2.45, 2.75) is 32.6 Å². The molecule has 1 aromatic heterocycles. The maximum atomic E-state index is 6.27. The standard InChI is InChI=1S/C17H27N5/c1-2-3-6-11-22(12-7-10-18)16-13-8-4-5-9-14(13)21-17(20)15(16)19/h4-5,8-9H,2-3,6-7,10-12,18-19H2,1H3,(H2,20,21). The van der Waals surface area contributed by atoms with Gasteiger partial charge in [-0.25, -0.2) is 4.98 Å². The fourth-order valence-corrected chi connectivity index (χ4v) is 2.74. The first-order chi connectivity index (χ1) is 10.7. The highest BCUT2D eigenvalue weighted by atomic mass is 15.1. The van der Waals surface area contributed by atoms with Crippen molar-refractivity contribution >= 4 is 28.1 Å². The van der Waals surface area contributed by atoms with E-state index in [0.717, 1.165) is 42.5 Å². The Morgan fingerprint density at radius 2 is 1.77 bits per heavy atom. The second kappa shape index (κ2) is 7.84. The smallest absolute Gasteiger partial charge is 0.149 e. The van der Waals surface area contributed by atoms with Crippen molar-refractivity contribution in [3.05, 3.63) is 24.3 Å². The lowest BCUT2D eigenvalue weighted by atomic mass is 10.1. The van der Waals surface area contributed by atoms with Crippen molar-refractivity contribution < 1.29 is 0 Å². The maximum absolute atomic E-state index is 6.27. The van der Waals surface area contributed by atoms with E-state index in [1.807, 2.05) is 18.2 Å². The molecule has 2 aromatic rings. The van der Waals surface area contributed by atoms with Crippen LogP contribution in [0.4, 0.5) is 17.2 Å². The zero-order chi connectivity index (χ0) is 15.9. The number of nitrogen functional groups attached to an aromatic ring is 2. The van der Waals surface area contributed by atoms with Crippen molar-refractivity contribution in [1.29, 1.82) is 0 Å². The van der Waals surface area contributed by atoms with E-state index < -0.39 is 0 Å². The maximum Gasteiger partial charge on any atom is 0.149 e. The Morgan fingerprint density at radius 1 is 1.05 bits per heavy atom. The molecule has 0 aliphatic rings. The van der Waals surface area contributed by atoms with E-state index in [1.165, 1.54) is 12.8 Å². The molecule has 0 amide bonds. The van der Waals surface area contributed by atoms with Crippen molar-refractivity contribution in [2.24, 2.45) is 5.73 Å². The van der Waals surface area contributed by atoms with E-state index in [2.05, 4.69) is 22.9 Å². The Hall–Kier alpha value is -2.01. The van der Waals surface area contributed by atoms with E-state index in [-0.39, 0.29) is 0 Å². The molecule has 0 radical (unpaired) electrons. The Kier molecular flexibility index (Phi) is 5.83. The number of nitrogens with zero attached hydrogens (tertiary/aromatic N) is 2. The summed E-state index contributed by atoms with van der Waals surface area (Å²) in [5.41, 5.74) is 20.5. The highest BCUT2D eigenvalue weighted by Crippen LogP contribution is 2.35. The molecule has 0 aliphatic heterocycles. The largest absolute Gasteiger partial charge is 0.394 e. The molecule has 0 spiro atoms. The highest BCUT2D eigenvalue weighted by Gasteiger charge is 2.16. The predicted molar refractivity (Wildman–Crippen MR) is 96.0 cm³/mol. The van der Waals surface area contributed by atoms with Gasteiger partial charge in [-0.3, -0.25) is 0 Å². The molecule has 2 rings (SSSR count). The van der Waals surface area contributed by atoms with Crippen LogP contribution >= 0.6 is 0 Å². The van der Waals surface area contributed by atoms with Crippen LogP contribution in [0.1, 0.15) is 32.6 Å². The molecule has 5 heteroatoms. The van der Waals surface area contributed by atoms with Crippen LogP contribution in [-0.2, 0) is 0 Å². The second-order valence-electron chi connectivity index (χ2n) is 5.61. The molecule has 0 atom stereocenters. The summed E-state index contributed by atoms with van der Waals surface area (Å²) in [7, 11) is 0. The van der Waals surface area contributed by atoms with Crippen LogP contribution in [-0.4, -0.2) is 24.6 Å². The van der Waals surface area contributed by atoms with Gasteiger partial charge >= 0.3 is 0 Å². The number of anilines is 3. The Labute approximate surface area is 132 Å². The van der Waals surface area contributed by atoms with Crippen molar-refractivity contribution in [2.75, 3.05) is 36.0 Å². The molecular weight excluding hydrogens is 274 g/mol. The lowest BCUT2D eigenvalue weighted by Gasteiger charge is -2.28. The summed E-state index contributed by atoms with van der Waals surface area (Å²) in [5.74, 6) is 0.405. The van der Waals surface area contributed by atoms with Gasteiger partial charge in [-0.1, -0.05) is 38.0 Å². The lowest BCUT2D eigenvalue weighted by molar-refractivity contribution is 0.662. The predicted octanol–water partition coefficient (Wildman–Crippen LogP) is 2.74. The van der Waals surface area contributed by atoms with Gasteiger partial charge < -0.3 is 22.1 Å². The Balaban J connectivity index is 2.43. The molecule has 0 bridgehead atoms. The number of hydrogen-bond acceptors (Lipinski definition) is 5. The molecule has 120 valence electrons. The topological polar surface area (TPSA) is 94.2 Å². The number of rotatable bonds is 8. The number of aromatic nitrogens is 1. The number of unbranched alkanes of at least 4 members (excludes halogenated alkanes) is 2. The average molecular weight is 301 g/mol. The molecule has 0 aliphatic carbocycles. The molecule has 22 heavy (non-hydrogen) atoms. The van der Waals surface area contributed by atoms with E-state index in [1.54, 1.807) is 0 Å². The van der Waals surface area contributed by atoms with Crippen LogP contribution in [0.15, 0.2) is 24.3 Å². The third-order valence-electron chi connectivity index (χ3n) is 3.91. The van der Waals surface area contributed by atoms with Crippen LogP contribution in [0.2, 0.25) is 0 Å². The van der Waals surface area contributed by atoms with Gasteiger partial charge in [0.1, 0.15) is 5.82 Å². The van der Waals surface area contributed by atoms with E-state index in [4.69, 9.17) is 17.2 Å². The number of nitrogens with two attached hydrogens (primary N) is 3. The Morgan fingerprint density at radius 3 is 2.50 bits per heavy atom. The minimum atomic E-state index is 0.405. The molecule has 1 heterocycles. The zero-order valence-electron chi connectivity index (χ0n) is 13.4. The van der Waals surface area contributed by atoms with Crippen LogP contribution in [0.3, 0.4) is 0 Å². The van der Waals surface area contributed by atoms with Gasteiger partial charge in [0, 0.05) is 18.5 Å². The van der Waals surface area contributed by atoms with Gasteiger partial charge in [0.2, 0.25) is 0 Å². The molecule has 6 N–H and O–H groups in total. The van der Waals surface area contributed by atoms with Crippen molar-refractivity contribution in [3.8, 4) is 0 Å². The number of hydrogen-bond donors (Lipinski definition) is 3. The molecule has 1 aromatic carbocycles. The van der Waals surface area contributed by atoms with Gasteiger partial charge in [0.25, 0.3) is 0 Å². The molecule has 0 unspecified atom stereocenters. The third-order valence-corrected chi connectivity index (χ3v) is 3.91. The monoisotopic (exact) mass is 301 g/mol. The quantitative estimate of drug-likeness (QED) is 0.652. The first-order valence-corrected chi connectivity index (χ1v) is 8.07. The summed E-state index contributed by atoms with van der Waals surface area (Å²) in [6.45, 7) is 4.73. The summed E-state index contributed by atoms with van der Waals surface area (Å²) in [6, 6.07) is 8.01. The molecular formula is C17H27N5. The van der Waals surface area contributed by atoms with E-state index in [0.29, 0.717) is 18.1 Å². The minimum Gasteiger partial charge on any atom is -0.394 e. The van der Waals surface area contributed by atoms with Gasteiger partial charge in [0.15, 0.2) is 0 Å². The summed E-state index contributed by atoms with van der Waals surface area (Å²) in [4.78, 5) is 6.71. The third kappa shape index (κ3) is 3.60. The molecule has 0 saturated heterocycles. The summed E-state index contributed by atoms with van der Waals surface area (Å²) in [6.07, 6.45) is 4.47. The van der Waals surface area contributed by atoms with Crippen LogP contribution in [0.5, 0.6) is 0 Å². The number of benzene rings is 1. The summed E-state index contributed by atoms with van der Waals surface area (Å²) in [5, 5.41) is 1.06. The lowest BCUT2D eigenvalue weighted by Crippen LogP contribution is -2.28.